The number of benzene rings is 4. The summed E-state index contributed by atoms with van der Waals surface area (Å²) < 4.78 is 85.6. The number of carbonyl (C=O) groups excluding carboxylic acids is 4. The summed E-state index contributed by atoms with van der Waals surface area (Å²) in [5.74, 6) is -1.13. The van der Waals surface area contributed by atoms with Crippen LogP contribution in [0.1, 0.15) is 51.4 Å². The number of para-hydroxylation sites is 2. The zero-order valence-corrected chi connectivity index (χ0v) is 45.4. The number of rotatable bonds is 22. The predicted molar refractivity (Wildman–Crippen MR) is 280 cm³/mol. The van der Waals surface area contributed by atoms with Crippen LogP contribution in [0, 0.1) is 23.7 Å². The summed E-state index contributed by atoms with van der Waals surface area (Å²) in [7, 11) is -8.70. The zero-order valence-electron chi connectivity index (χ0n) is 40.8. The molecular weight excluding hydrogens is 1060 g/mol. The van der Waals surface area contributed by atoms with Gasteiger partial charge >= 0.3 is 35.2 Å². The maximum atomic E-state index is 13.0. The minimum atomic E-state index is -4.35. The van der Waals surface area contributed by atoms with Crippen LogP contribution in [-0.4, -0.2) is 143 Å². The third kappa shape index (κ3) is 23.9. The van der Waals surface area contributed by atoms with Crippen LogP contribution in [0.2, 0.25) is 10.0 Å². The topological polar surface area (TPSA) is 282 Å². The Bertz CT molecular complexity index is 2370. The van der Waals surface area contributed by atoms with E-state index >= 15 is 0 Å². The van der Waals surface area contributed by atoms with Crippen molar-refractivity contribution in [2.24, 2.45) is 23.7 Å². The molecule has 4 amide bonds. The van der Waals surface area contributed by atoms with Crippen molar-refractivity contribution in [1.82, 2.24) is 10.6 Å². The monoisotopic (exact) mass is 1120 g/mol. The minimum Gasteiger partial charge on any atom is -0.748 e. The molecule has 74 heavy (non-hydrogen) atoms. The third-order valence-electron chi connectivity index (χ3n) is 11.9. The molecule has 2 aliphatic rings. The van der Waals surface area contributed by atoms with Crippen LogP contribution in [0.5, 0.6) is 0 Å². The van der Waals surface area contributed by atoms with Gasteiger partial charge in [-0.3, -0.25) is 9.59 Å². The van der Waals surface area contributed by atoms with E-state index in [0.717, 1.165) is 51.4 Å². The molecule has 0 saturated heterocycles. The van der Waals surface area contributed by atoms with Crippen LogP contribution < -0.4 is 20.4 Å². The van der Waals surface area contributed by atoms with Gasteiger partial charge in [0.25, 0.3) is 0 Å². The van der Waals surface area contributed by atoms with Crippen LogP contribution in [0.25, 0.3) is 0 Å². The van der Waals surface area contributed by atoms with Gasteiger partial charge in [0.1, 0.15) is 13.2 Å². The standard InChI is InChI=1S/2C25H31ClN2O7S.Mg.H2O/c2*26-21-10-12-23(13-11-21)28(22-4-2-1-3-5-22)25(30)35-17-20-8-6-19(7-9-20)16-34-18-24(29)27-14-15-36(31,32)33;;/h2*1-5,10-13,19-20H,6-9,14-18H2,(H,27,29)(H,31,32,33);;1H2/q;;+2;/p-2. The summed E-state index contributed by atoms with van der Waals surface area (Å²) in [6, 6.07) is 32.5. The van der Waals surface area contributed by atoms with E-state index < -0.39 is 55.7 Å². The fourth-order valence-electron chi connectivity index (χ4n) is 8.06. The molecule has 4 aromatic rings. The molecular formula is C50H62Cl2MgN4O15S2. The SMILES string of the molecule is O.O=C(COCC1CCC(COC(=O)N(c2ccccc2)c2ccc(Cl)cc2)CC1)NCCS(=O)(=O)[O-].O=C(COCC1CCC(COC(=O)N(c2ccccc2)c2ccc(Cl)cc2)CC1)NCCS(=O)(=O)[O-].[Mg+2]. The molecule has 0 aromatic heterocycles. The van der Waals surface area contributed by atoms with E-state index in [1.165, 1.54) is 9.80 Å². The Morgan fingerprint density at radius 1 is 0.486 bits per heavy atom. The normalized spacial score (nSPS) is 17.4. The molecule has 2 fully saturated rings. The van der Waals surface area contributed by atoms with Crippen molar-refractivity contribution < 1.29 is 69.5 Å². The van der Waals surface area contributed by atoms with Crippen molar-refractivity contribution in [2.75, 3.05) is 74.0 Å². The predicted octanol–water partition coefficient (Wildman–Crippen LogP) is 6.99. The van der Waals surface area contributed by atoms with Crippen LogP contribution in [0.3, 0.4) is 0 Å². The molecule has 400 valence electrons. The van der Waals surface area contributed by atoms with Gasteiger partial charge in [-0.25, -0.2) is 36.2 Å². The molecule has 0 unspecified atom stereocenters. The second kappa shape index (κ2) is 32.8. The van der Waals surface area contributed by atoms with Gasteiger partial charge in [-0.1, -0.05) is 59.6 Å². The first-order valence-corrected chi connectivity index (χ1v) is 27.4. The molecule has 0 heterocycles. The van der Waals surface area contributed by atoms with Crippen molar-refractivity contribution in [1.29, 1.82) is 0 Å². The average molecular weight is 1120 g/mol. The van der Waals surface area contributed by atoms with E-state index in [1.807, 2.05) is 60.7 Å². The fraction of sp³-hybridized carbons (Fsp3) is 0.440. The minimum absolute atomic E-state index is 0. The quantitative estimate of drug-likeness (QED) is 0.0593. The van der Waals surface area contributed by atoms with Crippen LogP contribution >= 0.6 is 23.2 Å². The number of hydrogen-bond acceptors (Lipinski definition) is 14. The molecule has 0 radical (unpaired) electrons. The summed E-state index contributed by atoms with van der Waals surface area (Å²) in [6.45, 7) is 0.640. The Hall–Kier alpha value is -4.59. The number of hydrogen-bond donors (Lipinski definition) is 2. The summed E-state index contributed by atoms with van der Waals surface area (Å²) in [6.07, 6.45) is 6.14. The number of nitrogens with one attached hydrogen (secondary N) is 2. The largest absolute Gasteiger partial charge is 2.00 e. The van der Waals surface area contributed by atoms with Crippen LogP contribution in [0.15, 0.2) is 109 Å². The van der Waals surface area contributed by atoms with Crippen molar-refractivity contribution in [3.63, 3.8) is 0 Å². The number of amides is 4. The van der Waals surface area contributed by atoms with Gasteiger partial charge in [0, 0.05) is 23.1 Å². The van der Waals surface area contributed by atoms with Crippen molar-refractivity contribution in [2.45, 2.75) is 51.4 Å². The van der Waals surface area contributed by atoms with Gasteiger partial charge in [-0.2, -0.15) is 0 Å². The summed E-state index contributed by atoms with van der Waals surface area (Å²) in [5.41, 5.74) is 2.72. The fourth-order valence-corrected chi connectivity index (χ4v) is 9.02. The number of anilines is 4. The van der Waals surface area contributed by atoms with Crippen LogP contribution in [-0.2, 0) is 48.8 Å². The summed E-state index contributed by atoms with van der Waals surface area (Å²) in [4.78, 5) is 52.4. The molecule has 0 atom stereocenters. The van der Waals surface area contributed by atoms with Crippen LogP contribution in [0.4, 0.5) is 32.3 Å². The van der Waals surface area contributed by atoms with Crippen molar-refractivity contribution in [3.8, 4) is 0 Å². The smallest absolute Gasteiger partial charge is 0.748 e. The Morgan fingerprint density at radius 3 is 1.07 bits per heavy atom. The van der Waals surface area contributed by atoms with E-state index in [-0.39, 0.29) is 66.7 Å². The second-order valence-corrected chi connectivity index (χ2v) is 21.4. The van der Waals surface area contributed by atoms with Gasteiger partial charge in [0.2, 0.25) is 11.8 Å². The molecule has 2 saturated carbocycles. The number of halogens is 2. The van der Waals surface area contributed by atoms with Crippen molar-refractivity contribution >= 4 is 113 Å². The number of ether oxygens (including phenoxy) is 4. The summed E-state index contributed by atoms with van der Waals surface area (Å²) >= 11 is 12.0. The maximum Gasteiger partial charge on any atom is 2.00 e. The van der Waals surface area contributed by atoms with E-state index in [2.05, 4.69) is 10.6 Å². The van der Waals surface area contributed by atoms with Gasteiger partial charge < -0.3 is 44.2 Å². The molecule has 4 aromatic carbocycles. The number of carbonyl (C=O) groups is 4. The molecule has 19 nitrogen and oxygen atoms in total. The molecule has 24 heteroatoms. The van der Waals surface area contributed by atoms with Gasteiger partial charge in [0.15, 0.2) is 0 Å². The van der Waals surface area contributed by atoms with E-state index in [4.69, 9.17) is 42.1 Å². The van der Waals surface area contributed by atoms with E-state index in [1.54, 1.807) is 48.5 Å². The molecule has 2 aliphatic carbocycles. The number of nitrogens with zero attached hydrogens (tertiary/aromatic N) is 2. The Kier molecular flexibility index (Phi) is 28.2. The molecule has 0 aliphatic heterocycles. The van der Waals surface area contributed by atoms with Gasteiger partial charge in [0.05, 0.1) is 80.9 Å². The van der Waals surface area contributed by atoms with E-state index in [9.17, 15) is 45.1 Å². The van der Waals surface area contributed by atoms with Gasteiger partial charge in [-0.05, 0) is 148 Å². The zero-order chi connectivity index (χ0) is 51.9. The Morgan fingerprint density at radius 2 is 0.770 bits per heavy atom. The Balaban J connectivity index is 0.000000380. The van der Waals surface area contributed by atoms with Crippen molar-refractivity contribution in [3.05, 3.63) is 119 Å². The third-order valence-corrected chi connectivity index (χ3v) is 13.8. The first kappa shape index (κ1) is 63.7. The first-order valence-electron chi connectivity index (χ1n) is 23.5. The first-order chi connectivity index (χ1) is 34.4. The summed E-state index contributed by atoms with van der Waals surface area (Å²) in [5, 5.41) is 5.85. The Labute approximate surface area is 458 Å². The molecule has 4 N–H and O–H groups in total. The average Bonchev–Trinajstić information content (AvgIpc) is 3.35. The molecule has 0 spiro atoms. The second-order valence-electron chi connectivity index (χ2n) is 17.5. The van der Waals surface area contributed by atoms with Gasteiger partial charge in [-0.15, -0.1) is 0 Å². The van der Waals surface area contributed by atoms with E-state index in [0.29, 0.717) is 71.1 Å². The maximum absolute atomic E-state index is 13.0. The molecule has 6 rings (SSSR count). The molecule has 0 bridgehead atoms.